The molecule has 2 N–H and O–H groups in total. The largest absolute Gasteiger partial charge is 0.330 e. The van der Waals surface area contributed by atoms with Gasteiger partial charge in [0.1, 0.15) is 10.7 Å². The van der Waals surface area contributed by atoms with E-state index >= 15 is 0 Å². The third-order valence-corrected chi connectivity index (χ3v) is 4.36. The first-order valence-corrected chi connectivity index (χ1v) is 6.85. The summed E-state index contributed by atoms with van der Waals surface area (Å²) < 4.78 is 38.6. The zero-order chi connectivity index (χ0) is 14.6. The second-order valence-electron chi connectivity index (χ2n) is 3.84. The van der Waals surface area contributed by atoms with Crippen molar-refractivity contribution < 1.29 is 17.7 Å². The molecule has 7 nitrogen and oxygen atoms in total. The lowest BCUT2D eigenvalue weighted by Crippen LogP contribution is -2.29. The maximum Gasteiger partial charge on any atom is 0.270 e. The van der Waals surface area contributed by atoms with Crippen molar-refractivity contribution >= 4 is 15.7 Å². The standard InChI is InChI=1S/C10H14FN3O4S/c1-13(6-2-5-12)19(17,18)10-7-8(14(15)16)3-4-9(10)11/h3-4,7H,2,5-6,12H2,1H3. The molecule has 0 aliphatic heterocycles. The van der Waals surface area contributed by atoms with Gasteiger partial charge in [-0.2, -0.15) is 0 Å². The van der Waals surface area contributed by atoms with Crippen LogP contribution in [0.2, 0.25) is 0 Å². The number of hydrogen-bond donors (Lipinski definition) is 1. The third kappa shape index (κ3) is 3.46. The Balaban J connectivity index is 3.20. The Morgan fingerprint density at radius 2 is 2.11 bits per heavy atom. The highest BCUT2D eigenvalue weighted by Crippen LogP contribution is 2.23. The van der Waals surface area contributed by atoms with E-state index in [4.69, 9.17) is 5.73 Å². The van der Waals surface area contributed by atoms with Crippen LogP contribution in [0, 0.1) is 15.9 Å². The van der Waals surface area contributed by atoms with Crippen LogP contribution in [0.3, 0.4) is 0 Å². The van der Waals surface area contributed by atoms with Crippen LogP contribution in [0.4, 0.5) is 10.1 Å². The Morgan fingerprint density at radius 3 is 2.63 bits per heavy atom. The SMILES string of the molecule is CN(CCCN)S(=O)(=O)c1cc([N+](=O)[O-])ccc1F. The molecular weight excluding hydrogens is 277 g/mol. The van der Waals surface area contributed by atoms with Crippen LogP contribution >= 0.6 is 0 Å². The second-order valence-corrected chi connectivity index (χ2v) is 5.85. The Morgan fingerprint density at radius 1 is 1.47 bits per heavy atom. The Labute approximate surface area is 110 Å². The van der Waals surface area contributed by atoms with Gasteiger partial charge in [0.25, 0.3) is 5.69 Å². The van der Waals surface area contributed by atoms with E-state index in [2.05, 4.69) is 0 Å². The van der Waals surface area contributed by atoms with Crippen LogP contribution in [-0.4, -0.2) is 37.8 Å². The Bertz CT molecular complexity index is 576. The zero-order valence-corrected chi connectivity index (χ0v) is 11.1. The summed E-state index contributed by atoms with van der Waals surface area (Å²) in [6, 6.07) is 2.39. The molecular formula is C10H14FN3O4S. The molecule has 19 heavy (non-hydrogen) atoms. The van der Waals surface area contributed by atoms with E-state index in [1.807, 2.05) is 0 Å². The van der Waals surface area contributed by atoms with Crippen LogP contribution in [0.1, 0.15) is 6.42 Å². The van der Waals surface area contributed by atoms with E-state index in [1.165, 1.54) is 7.05 Å². The van der Waals surface area contributed by atoms with Gasteiger partial charge in [0.2, 0.25) is 10.0 Å². The average molecular weight is 291 g/mol. The van der Waals surface area contributed by atoms with E-state index in [9.17, 15) is 22.9 Å². The molecule has 0 atom stereocenters. The van der Waals surface area contributed by atoms with E-state index in [0.29, 0.717) is 12.5 Å². The number of nitrogens with two attached hydrogens (primary N) is 1. The van der Waals surface area contributed by atoms with E-state index in [1.54, 1.807) is 0 Å². The topological polar surface area (TPSA) is 107 Å². The minimum Gasteiger partial charge on any atom is -0.330 e. The summed E-state index contributed by atoms with van der Waals surface area (Å²) in [6.45, 7) is 0.401. The molecule has 106 valence electrons. The fourth-order valence-electron chi connectivity index (χ4n) is 1.41. The number of rotatable bonds is 6. The minimum absolute atomic E-state index is 0.112. The molecule has 9 heteroatoms. The first kappa shape index (κ1) is 15.5. The normalized spacial score (nSPS) is 11.8. The molecule has 0 aromatic heterocycles. The molecule has 0 bridgehead atoms. The lowest BCUT2D eigenvalue weighted by molar-refractivity contribution is -0.385. The molecule has 1 rings (SSSR count). The fourth-order valence-corrected chi connectivity index (χ4v) is 2.69. The van der Waals surface area contributed by atoms with Gasteiger partial charge in [-0.25, -0.2) is 17.1 Å². The molecule has 1 aromatic carbocycles. The van der Waals surface area contributed by atoms with E-state index < -0.39 is 31.3 Å². The number of benzene rings is 1. The van der Waals surface area contributed by atoms with Gasteiger partial charge in [0.15, 0.2) is 0 Å². The number of hydrogen-bond acceptors (Lipinski definition) is 5. The van der Waals surface area contributed by atoms with Gasteiger partial charge in [-0.05, 0) is 19.0 Å². The van der Waals surface area contributed by atoms with Gasteiger partial charge >= 0.3 is 0 Å². The second kappa shape index (κ2) is 6.04. The average Bonchev–Trinajstić information content (AvgIpc) is 2.35. The molecule has 0 heterocycles. The maximum absolute atomic E-state index is 13.6. The number of halogens is 1. The van der Waals surface area contributed by atoms with Crippen molar-refractivity contribution in [2.45, 2.75) is 11.3 Å². The smallest absolute Gasteiger partial charge is 0.270 e. The molecule has 0 spiro atoms. The fraction of sp³-hybridized carbons (Fsp3) is 0.400. The monoisotopic (exact) mass is 291 g/mol. The highest BCUT2D eigenvalue weighted by atomic mass is 32.2. The van der Waals surface area contributed by atoms with Crippen molar-refractivity contribution in [3.05, 3.63) is 34.1 Å². The minimum atomic E-state index is -4.10. The molecule has 0 radical (unpaired) electrons. The summed E-state index contributed by atoms with van der Waals surface area (Å²) in [4.78, 5) is 9.10. The van der Waals surface area contributed by atoms with Crippen molar-refractivity contribution in [2.75, 3.05) is 20.1 Å². The number of nitro groups is 1. The number of nitro benzene ring substituents is 1. The van der Waals surface area contributed by atoms with Gasteiger partial charge in [-0.3, -0.25) is 10.1 Å². The highest BCUT2D eigenvalue weighted by Gasteiger charge is 2.26. The number of non-ortho nitro benzene ring substituents is 1. The highest BCUT2D eigenvalue weighted by molar-refractivity contribution is 7.89. The number of sulfonamides is 1. The summed E-state index contributed by atoms with van der Waals surface area (Å²) in [5.41, 5.74) is 4.79. The van der Waals surface area contributed by atoms with E-state index in [0.717, 1.165) is 16.4 Å². The molecule has 0 aliphatic carbocycles. The van der Waals surface area contributed by atoms with Gasteiger partial charge in [0, 0.05) is 25.7 Å². The van der Waals surface area contributed by atoms with Crippen LogP contribution in [0.15, 0.2) is 23.1 Å². The first-order chi connectivity index (χ1) is 8.80. The first-order valence-electron chi connectivity index (χ1n) is 5.41. The van der Waals surface area contributed by atoms with Crippen molar-refractivity contribution in [2.24, 2.45) is 5.73 Å². The summed E-state index contributed by atoms with van der Waals surface area (Å²) in [6.07, 6.45) is 0.409. The van der Waals surface area contributed by atoms with Gasteiger partial charge in [-0.1, -0.05) is 0 Å². The van der Waals surface area contributed by atoms with Gasteiger partial charge < -0.3 is 5.73 Å². The summed E-state index contributed by atoms with van der Waals surface area (Å²) >= 11 is 0. The van der Waals surface area contributed by atoms with Crippen molar-refractivity contribution in [3.63, 3.8) is 0 Å². The lowest BCUT2D eigenvalue weighted by atomic mass is 10.3. The summed E-state index contributed by atoms with van der Waals surface area (Å²) in [5.74, 6) is -1.02. The quantitative estimate of drug-likeness (QED) is 0.613. The maximum atomic E-state index is 13.6. The molecule has 0 fully saturated rings. The van der Waals surface area contributed by atoms with Gasteiger partial charge in [0.05, 0.1) is 4.92 Å². The molecule has 0 amide bonds. The van der Waals surface area contributed by atoms with Crippen molar-refractivity contribution in [3.8, 4) is 0 Å². The van der Waals surface area contributed by atoms with E-state index in [-0.39, 0.29) is 13.1 Å². The van der Waals surface area contributed by atoms with Crippen molar-refractivity contribution in [1.29, 1.82) is 0 Å². The molecule has 0 saturated carbocycles. The van der Waals surface area contributed by atoms with Crippen LogP contribution < -0.4 is 5.73 Å². The lowest BCUT2D eigenvalue weighted by Gasteiger charge is -2.16. The zero-order valence-electron chi connectivity index (χ0n) is 10.2. The molecule has 0 aliphatic rings. The van der Waals surface area contributed by atoms with Crippen LogP contribution in [0.5, 0.6) is 0 Å². The van der Waals surface area contributed by atoms with Crippen LogP contribution in [0.25, 0.3) is 0 Å². The summed E-state index contributed by atoms with van der Waals surface area (Å²) in [5, 5.41) is 10.6. The van der Waals surface area contributed by atoms with Crippen molar-refractivity contribution in [1.82, 2.24) is 4.31 Å². The Kier molecular flexibility index (Phi) is 4.92. The third-order valence-electron chi connectivity index (χ3n) is 2.49. The predicted molar refractivity (Wildman–Crippen MR) is 66.5 cm³/mol. The molecule has 0 saturated heterocycles. The number of nitrogens with zero attached hydrogens (tertiary/aromatic N) is 2. The van der Waals surface area contributed by atoms with Gasteiger partial charge in [-0.15, -0.1) is 0 Å². The summed E-state index contributed by atoms with van der Waals surface area (Å²) in [7, 11) is -2.83. The molecule has 0 unspecified atom stereocenters. The van der Waals surface area contributed by atoms with Crippen LogP contribution in [-0.2, 0) is 10.0 Å². The predicted octanol–water partition coefficient (Wildman–Crippen LogP) is 0.703. The Hall–Kier alpha value is -1.58. The molecule has 1 aromatic rings.